The molecule has 12 nitrogen and oxygen atoms in total. The van der Waals surface area contributed by atoms with E-state index in [1.54, 1.807) is 11.8 Å². The van der Waals surface area contributed by atoms with Crippen LogP contribution in [0.25, 0.3) is 20.8 Å². The Morgan fingerprint density at radius 1 is 1.30 bits per heavy atom. The van der Waals surface area contributed by atoms with Crippen molar-refractivity contribution in [1.82, 2.24) is 20.3 Å². The number of para-hydroxylation sites is 1. The highest BCUT2D eigenvalue weighted by Gasteiger charge is 2.48. The van der Waals surface area contributed by atoms with Crippen molar-refractivity contribution in [3.05, 3.63) is 34.6 Å². The first-order valence-corrected chi connectivity index (χ1v) is 13.6. The maximum atomic E-state index is 14.0. The number of ether oxygens (including phenoxy) is 2. The summed E-state index contributed by atoms with van der Waals surface area (Å²) in [5.74, 6) is -6.19. The van der Waals surface area contributed by atoms with E-state index in [0.717, 1.165) is 4.70 Å². The fraction of sp³-hybridized carbons (Fsp3) is 0.480. The Kier molecular flexibility index (Phi) is 7.96. The summed E-state index contributed by atoms with van der Waals surface area (Å²) in [5, 5.41) is 15.1. The molecule has 15 heteroatoms. The van der Waals surface area contributed by atoms with Crippen LogP contribution in [0.4, 0.5) is 20.5 Å². The number of carboxylic acids is 1. The number of anilines is 2. The van der Waals surface area contributed by atoms with Gasteiger partial charge < -0.3 is 30.1 Å². The highest BCUT2D eigenvalue weighted by atomic mass is 32.1. The van der Waals surface area contributed by atoms with Crippen molar-refractivity contribution in [2.45, 2.75) is 43.9 Å². The number of halogens is 2. The molecule has 2 unspecified atom stereocenters. The minimum atomic E-state index is -3.90. The molecule has 214 valence electrons. The average Bonchev–Trinajstić information content (AvgIpc) is 3.37. The van der Waals surface area contributed by atoms with Crippen molar-refractivity contribution in [2.75, 3.05) is 43.1 Å². The molecule has 0 amide bonds. The molecular formula is C25H28F2N6O6S. The minimum absolute atomic E-state index is 0.0269. The SMILES string of the molecule is CCOC(=O)C1CN(c2nc(N[C@@H]3CCC(C(F)(F)C(=O)O)NC3)c(-c3nc4ccccc4s3)c(=O)[nH]2)CCO1. The van der Waals surface area contributed by atoms with Crippen molar-refractivity contribution in [3.63, 3.8) is 0 Å². The normalized spacial score (nSPS) is 21.8. The molecule has 0 saturated carbocycles. The molecule has 1 aromatic carbocycles. The van der Waals surface area contributed by atoms with Crippen LogP contribution >= 0.6 is 11.3 Å². The molecule has 4 heterocycles. The predicted molar refractivity (Wildman–Crippen MR) is 143 cm³/mol. The van der Waals surface area contributed by atoms with Gasteiger partial charge in [0.1, 0.15) is 16.4 Å². The van der Waals surface area contributed by atoms with Crippen LogP contribution in [-0.2, 0) is 19.1 Å². The first-order chi connectivity index (χ1) is 19.2. The Labute approximate surface area is 230 Å². The number of esters is 1. The number of aromatic nitrogens is 3. The number of H-pyrrole nitrogens is 1. The summed E-state index contributed by atoms with van der Waals surface area (Å²) in [5.41, 5.74) is 0.434. The van der Waals surface area contributed by atoms with Gasteiger partial charge in [-0.2, -0.15) is 13.8 Å². The topological polar surface area (TPSA) is 159 Å². The summed E-state index contributed by atoms with van der Waals surface area (Å²) in [6, 6.07) is 5.48. The molecule has 0 bridgehead atoms. The standard InChI is InChI=1S/C25H28F2N6O6S/c1-2-38-22(35)15-12-33(9-10-39-15)24-31-19(29-13-7-8-17(28-11-13)25(26,27)23(36)37)18(20(34)32-24)21-30-14-5-3-4-6-16(14)40-21/h3-6,13,15,17,28H,2,7-12H2,1H3,(H,36,37)(H2,29,31,32,34)/t13-,15?,17?/m1/s1. The third kappa shape index (κ3) is 5.62. The van der Waals surface area contributed by atoms with Crippen LogP contribution < -0.4 is 21.1 Å². The number of nitrogens with zero attached hydrogens (tertiary/aromatic N) is 3. The highest BCUT2D eigenvalue weighted by Crippen LogP contribution is 2.33. The van der Waals surface area contributed by atoms with Gasteiger partial charge in [0, 0.05) is 19.1 Å². The fourth-order valence-corrected chi connectivity index (χ4v) is 5.75. The molecule has 40 heavy (non-hydrogen) atoms. The number of fused-ring (bicyclic) bond motifs is 1. The van der Waals surface area contributed by atoms with Crippen LogP contribution in [-0.4, -0.2) is 89.0 Å². The first-order valence-electron chi connectivity index (χ1n) is 12.8. The lowest BCUT2D eigenvalue weighted by Crippen LogP contribution is -2.56. The smallest absolute Gasteiger partial charge is 0.376 e. The molecule has 2 aliphatic heterocycles. The van der Waals surface area contributed by atoms with Crippen LogP contribution in [0, 0.1) is 0 Å². The van der Waals surface area contributed by atoms with E-state index in [2.05, 4.69) is 25.6 Å². The summed E-state index contributed by atoms with van der Waals surface area (Å²) < 4.78 is 39.5. The molecule has 2 aliphatic rings. The quantitative estimate of drug-likeness (QED) is 0.290. The number of carbonyl (C=O) groups excluding carboxylic acids is 1. The molecule has 5 rings (SSSR count). The number of benzene rings is 1. The zero-order chi connectivity index (χ0) is 28.4. The number of aromatic amines is 1. The van der Waals surface area contributed by atoms with E-state index < -0.39 is 41.6 Å². The number of aliphatic carboxylic acids is 1. The number of carboxylic acid groups (broad SMARTS) is 1. The fourth-order valence-electron chi connectivity index (χ4n) is 4.74. The van der Waals surface area contributed by atoms with Crippen LogP contribution in [0.3, 0.4) is 0 Å². The van der Waals surface area contributed by atoms with E-state index in [-0.39, 0.29) is 56.5 Å². The van der Waals surface area contributed by atoms with E-state index in [4.69, 9.17) is 14.6 Å². The predicted octanol–water partition coefficient (Wildman–Crippen LogP) is 2.07. The van der Waals surface area contributed by atoms with Crippen molar-refractivity contribution >= 4 is 45.3 Å². The highest BCUT2D eigenvalue weighted by molar-refractivity contribution is 7.21. The largest absolute Gasteiger partial charge is 0.477 e. The third-order valence-corrected chi connectivity index (χ3v) is 7.86. The van der Waals surface area contributed by atoms with Gasteiger partial charge in [0.25, 0.3) is 5.56 Å². The first kappa shape index (κ1) is 27.9. The molecule has 2 fully saturated rings. The second-order valence-electron chi connectivity index (χ2n) is 9.46. The number of nitrogens with one attached hydrogen (secondary N) is 3. The molecule has 2 aromatic heterocycles. The zero-order valence-electron chi connectivity index (χ0n) is 21.5. The number of hydrogen-bond donors (Lipinski definition) is 4. The van der Waals surface area contributed by atoms with E-state index in [9.17, 15) is 23.2 Å². The number of thiazole rings is 1. The van der Waals surface area contributed by atoms with Crippen LogP contribution in [0.15, 0.2) is 29.1 Å². The maximum absolute atomic E-state index is 14.0. The molecule has 3 aromatic rings. The van der Waals surface area contributed by atoms with E-state index >= 15 is 0 Å². The van der Waals surface area contributed by atoms with Gasteiger partial charge in [-0.25, -0.2) is 14.6 Å². The van der Waals surface area contributed by atoms with Crippen molar-refractivity contribution in [2.24, 2.45) is 0 Å². The average molecular weight is 579 g/mol. The number of morpholine rings is 1. The summed E-state index contributed by atoms with van der Waals surface area (Å²) in [4.78, 5) is 50.5. The maximum Gasteiger partial charge on any atom is 0.376 e. The lowest BCUT2D eigenvalue weighted by atomic mass is 9.96. The molecule has 0 aliphatic carbocycles. The Hall–Kier alpha value is -3.69. The van der Waals surface area contributed by atoms with Crippen LogP contribution in [0.1, 0.15) is 19.8 Å². The van der Waals surface area contributed by atoms with Crippen molar-refractivity contribution in [3.8, 4) is 10.6 Å². The molecule has 2 saturated heterocycles. The summed E-state index contributed by atoms with van der Waals surface area (Å²) in [7, 11) is 0. The van der Waals surface area contributed by atoms with Crippen LogP contribution in [0.5, 0.6) is 0 Å². The van der Waals surface area contributed by atoms with Gasteiger partial charge in [-0.3, -0.25) is 9.78 Å². The number of hydrogen-bond acceptors (Lipinski definition) is 11. The van der Waals surface area contributed by atoms with Crippen LogP contribution in [0.2, 0.25) is 0 Å². The number of piperidine rings is 1. The van der Waals surface area contributed by atoms with Crippen molar-refractivity contribution < 1.29 is 33.0 Å². The van der Waals surface area contributed by atoms with E-state index in [1.807, 2.05) is 24.3 Å². The van der Waals surface area contributed by atoms with E-state index in [1.165, 1.54) is 11.3 Å². The van der Waals surface area contributed by atoms with E-state index in [0.29, 0.717) is 17.1 Å². The van der Waals surface area contributed by atoms with Crippen molar-refractivity contribution in [1.29, 1.82) is 0 Å². The second kappa shape index (κ2) is 11.4. The lowest BCUT2D eigenvalue weighted by molar-refractivity contribution is -0.170. The molecular weight excluding hydrogens is 550 g/mol. The zero-order valence-corrected chi connectivity index (χ0v) is 22.3. The summed E-state index contributed by atoms with van der Waals surface area (Å²) >= 11 is 1.31. The van der Waals surface area contributed by atoms with Gasteiger partial charge >= 0.3 is 17.9 Å². The molecule has 4 N–H and O–H groups in total. The summed E-state index contributed by atoms with van der Waals surface area (Å²) in [6.45, 7) is 2.60. The third-order valence-electron chi connectivity index (χ3n) is 6.81. The lowest BCUT2D eigenvalue weighted by Gasteiger charge is -2.34. The molecule has 0 spiro atoms. The second-order valence-corrected chi connectivity index (χ2v) is 10.5. The van der Waals surface area contributed by atoms with Gasteiger partial charge in [-0.05, 0) is 31.9 Å². The molecule has 3 atom stereocenters. The Morgan fingerprint density at radius 3 is 2.80 bits per heavy atom. The summed E-state index contributed by atoms with van der Waals surface area (Å²) in [6.07, 6.45) is -0.741. The van der Waals surface area contributed by atoms with Gasteiger partial charge in [-0.1, -0.05) is 12.1 Å². The number of alkyl halides is 2. The van der Waals surface area contributed by atoms with Gasteiger partial charge in [-0.15, -0.1) is 11.3 Å². The number of carbonyl (C=O) groups is 2. The van der Waals surface area contributed by atoms with Gasteiger partial charge in [0.15, 0.2) is 6.10 Å². The minimum Gasteiger partial charge on any atom is -0.477 e. The van der Waals surface area contributed by atoms with Gasteiger partial charge in [0.05, 0.1) is 36.0 Å². The number of rotatable bonds is 8. The Morgan fingerprint density at radius 2 is 2.10 bits per heavy atom. The Bertz CT molecular complexity index is 1420. The molecule has 0 radical (unpaired) electrons. The van der Waals surface area contributed by atoms with Gasteiger partial charge in [0.2, 0.25) is 5.95 Å². The Balaban J connectivity index is 1.46. The monoisotopic (exact) mass is 578 g/mol.